The summed E-state index contributed by atoms with van der Waals surface area (Å²) in [6.07, 6.45) is 1.15. The topological polar surface area (TPSA) is 66.6 Å². The average Bonchev–Trinajstić information content (AvgIpc) is 2.51. The first kappa shape index (κ1) is 12.5. The van der Waals surface area contributed by atoms with Crippen LogP contribution in [0.25, 0.3) is 0 Å². The van der Waals surface area contributed by atoms with Gasteiger partial charge in [0.15, 0.2) is 0 Å². The van der Waals surface area contributed by atoms with Crippen molar-refractivity contribution in [1.29, 1.82) is 0 Å². The van der Waals surface area contributed by atoms with Crippen LogP contribution in [0.3, 0.4) is 0 Å². The summed E-state index contributed by atoms with van der Waals surface area (Å²) in [5.74, 6) is -0.257. The number of carbonyl (C=O) groups is 1. The van der Waals surface area contributed by atoms with E-state index >= 15 is 0 Å². The van der Waals surface area contributed by atoms with Crippen LogP contribution in [0.1, 0.15) is 27.2 Å². The normalized spacial score (nSPS) is 25.5. The molecule has 1 saturated heterocycles. The third kappa shape index (κ3) is 3.47. The van der Waals surface area contributed by atoms with Crippen molar-refractivity contribution in [3.05, 3.63) is 0 Å². The Kier molecular flexibility index (Phi) is 3.73. The van der Waals surface area contributed by atoms with Gasteiger partial charge in [-0.2, -0.15) is 0 Å². The molecule has 4 nitrogen and oxygen atoms in total. The summed E-state index contributed by atoms with van der Waals surface area (Å²) in [4.78, 5) is 12.8. The van der Waals surface area contributed by atoms with E-state index in [-0.39, 0.29) is 0 Å². The Morgan fingerprint density at radius 3 is 2.60 bits per heavy atom. The van der Waals surface area contributed by atoms with Crippen molar-refractivity contribution in [2.24, 2.45) is 17.1 Å². The Labute approximate surface area is 91.4 Å². The first-order valence-corrected chi connectivity index (χ1v) is 5.51. The largest absolute Gasteiger partial charge is 0.480 e. The summed E-state index contributed by atoms with van der Waals surface area (Å²) in [5, 5.41) is 8.72. The van der Waals surface area contributed by atoms with Crippen LogP contribution < -0.4 is 5.73 Å². The molecular formula is C11H22N2O2. The van der Waals surface area contributed by atoms with Gasteiger partial charge in [0.05, 0.1) is 0 Å². The molecule has 0 radical (unpaired) electrons. The molecule has 0 saturated carbocycles. The highest BCUT2D eigenvalue weighted by atomic mass is 16.4. The van der Waals surface area contributed by atoms with Crippen LogP contribution in [-0.2, 0) is 4.79 Å². The van der Waals surface area contributed by atoms with E-state index in [1.54, 1.807) is 0 Å². The van der Waals surface area contributed by atoms with Gasteiger partial charge >= 0.3 is 5.97 Å². The van der Waals surface area contributed by atoms with Crippen molar-refractivity contribution in [3.63, 3.8) is 0 Å². The van der Waals surface area contributed by atoms with E-state index in [0.29, 0.717) is 17.9 Å². The fourth-order valence-corrected chi connectivity index (χ4v) is 2.06. The smallest absolute Gasteiger partial charge is 0.321 e. The molecule has 2 unspecified atom stereocenters. The molecule has 0 aliphatic carbocycles. The van der Waals surface area contributed by atoms with Gasteiger partial charge in [-0.25, -0.2) is 0 Å². The minimum Gasteiger partial charge on any atom is -0.480 e. The molecule has 0 aromatic rings. The second-order valence-corrected chi connectivity index (χ2v) is 5.56. The zero-order chi connectivity index (χ0) is 11.6. The predicted octanol–water partition coefficient (Wildman–Crippen LogP) is 0.766. The average molecular weight is 214 g/mol. The number of carboxylic acids is 1. The predicted molar refractivity (Wildman–Crippen MR) is 59.6 cm³/mol. The van der Waals surface area contributed by atoms with E-state index in [2.05, 4.69) is 25.7 Å². The van der Waals surface area contributed by atoms with E-state index in [9.17, 15) is 4.79 Å². The summed E-state index contributed by atoms with van der Waals surface area (Å²) in [5.41, 5.74) is 5.82. The number of aliphatic carboxylic acids is 1. The molecule has 0 aromatic carbocycles. The monoisotopic (exact) mass is 214 g/mol. The Morgan fingerprint density at radius 2 is 2.20 bits per heavy atom. The summed E-state index contributed by atoms with van der Waals surface area (Å²) in [6, 6.07) is -0.747. The van der Waals surface area contributed by atoms with Gasteiger partial charge in [-0.1, -0.05) is 20.8 Å². The summed E-state index contributed by atoms with van der Waals surface area (Å²) < 4.78 is 0. The Bertz CT molecular complexity index is 235. The maximum absolute atomic E-state index is 10.6. The zero-order valence-corrected chi connectivity index (χ0v) is 9.86. The van der Waals surface area contributed by atoms with Crippen LogP contribution in [-0.4, -0.2) is 41.7 Å². The SMILES string of the molecule is CC(C)(C)C1CCN(CC(N)C(=O)O)C1. The molecule has 4 heteroatoms. The van der Waals surface area contributed by atoms with Gasteiger partial charge in [0.1, 0.15) is 6.04 Å². The molecule has 15 heavy (non-hydrogen) atoms. The Morgan fingerprint density at radius 1 is 1.60 bits per heavy atom. The molecular weight excluding hydrogens is 192 g/mol. The van der Waals surface area contributed by atoms with E-state index in [1.807, 2.05) is 0 Å². The Balaban J connectivity index is 2.40. The van der Waals surface area contributed by atoms with Crippen LogP contribution in [0.15, 0.2) is 0 Å². The van der Waals surface area contributed by atoms with E-state index < -0.39 is 12.0 Å². The van der Waals surface area contributed by atoms with Gasteiger partial charge in [0, 0.05) is 13.1 Å². The molecule has 2 atom stereocenters. The molecule has 88 valence electrons. The molecule has 1 rings (SSSR count). The number of nitrogens with zero attached hydrogens (tertiary/aromatic N) is 1. The maximum Gasteiger partial charge on any atom is 0.321 e. The van der Waals surface area contributed by atoms with Crippen LogP contribution in [0.5, 0.6) is 0 Å². The van der Waals surface area contributed by atoms with Crippen LogP contribution >= 0.6 is 0 Å². The fourth-order valence-electron chi connectivity index (χ4n) is 2.06. The van der Waals surface area contributed by atoms with Gasteiger partial charge in [0.25, 0.3) is 0 Å². The highest BCUT2D eigenvalue weighted by Gasteiger charge is 2.32. The molecule has 0 aromatic heterocycles. The highest BCUT2D eigenvalue weighted by molar-refractivity contribution is 5.73. The molecule has 1 aliphatic rings. The van der Waals surface area contributed by atoms with Crippen LogP contribution in [0.4, 0.5) is 0 Å². The number of carboxylic acid groups (broad SMARTS) is 1. The summed E-state index contributed by atoms with van der Waals surface area (Å²) in [7, 11) is 0. The molecule has 0 amide bonds. The quantitative estimate of drug-likeness (QED) is 0.728. The van der Waals surface area contributed by atoms with Crippen molar-refractivity contribution >= 4 is 5.97 Å². The standard InChI is InChI=1S/C11H22N2O2/c1-11(2,3)8-4-5-13(6-8)7-9(12)10(14)15/h8-9H,4-7,12H2,1-3H3,(H,14,15). The number of nitrogens with two attached hydrogens (primary N) is 1. The molecule has 0 spiro atoms. The third-order valence-electron chi connectivity index (χ3n) is 3.27. The maximum atomic E-state index is 10.6. The molecule has 0 bridgehead atoms. The van der Waals surface area contributed by atoms with Crippen molar-refractivity contribution in [2.75, 3.05) is 19.6 Å². The second kappa shape index (κ2) is 4.49. The van der Waals surface area contributed by atoms with Crippen molar-refractivity contribution in [3.8, 4) is 0 Å². The number of rotatable bonds is 3. The lowest BCUT2D eigenvalue weighted by molar-refractivity contribution is -0.138. The molecule has 1 fully saturated rings. The summed E-state index contributed by atoms with van der Waals surface area (Å²) in [6.45, 7) is 9.13. The Hall–Kier alpha value is -0.610. The lowest BCUT2D eigenvalue weighted by Gasteiger charge is -2.27. The highest BCUT2D eigenvalue weighted by Crippen LogP contribution is 2.33. The second-order valence-electron chi connectivity index (χ2n) is 5.56. The van der Waals surface area contributed by atoms with Gasteiger partial charge in [0.2, 0.25) is 0 Å². The van der Waals surface area contributed by atoms with Crippen LogP contribution in [0, 0.1) is 11.3 Å². The fraction of sp³-hybridized carbons (Fsp3) is 0.909. The van der Waals surface area contributed by atoms with E-state index in [4.69, 9.17) is 10.8 Å². The first-order chi connectivity index (χ1) is 6.80. The van der Waals surface area contributed by atoms with Gasteiger partial charge < -0.3 is 15.7 Å². The van der Waals surface area contributed by atoms with Gasteiger partial charge in [-0.05, 0) is 24.3 Å². The van der Waals surface area contributed by atoms with Gasteiger partial charge in [-0.3, -0.25) is 4.79 Å². The molecule has 1 heterocycles. The van der Waals surface area contributed by atoms with Crippen molar-refractivity contribution in [2.45, 2.75) is 33.2 Å². The number of hydrogen-bond donors (Lipinski definition) is 2. The molecule has 3 N–H and O–H groups in total. The number of hydrogen-bond acceptors (Lipinski definition) is 3. The zero-order valence-electron chi connectivity index (χ0n) is 9.86. The third-order valence-corrected chi connectivity index (χ3v) is 3.27. The van der Waals surface area contributed by atoms with E-state index in [1.165, 1.54) is 0 Å². The first-order valence-electron chi connectivity index (χ1n) is 5.51. The van der Waals surface area contributed by atoms with Crippen molar-refractivity contribution < 1.29 is 9.90 Å². The minimum atomic E-state index is -0.908. The lowest BCUT2D eigenvalue weighted by Crippen LogP contribution is -2.42. The van der Waals surface area contributed by atoms with Gasteiger partial charge in [-0.15, -0.1) is 0 Å². The van der Waals surface area contributed by atoms with E-state index in [0.717, 1.165) is 19.5 Å². The summed E-state index contributed by atoms with van der Waals surface area (Å²) >= 11 is 0. The minimum absolute atomic E-state index is 0.308. The van der Waals surface area contributed by atoms with Crippen LogP contribution in [0.2, 0.25) is 0 Å². The number of likely N-dealkylation sites (tertiary alicyclic amines) is 1. The molecule has 1 aliphatic heterocycles. The van der Waals surface area contributed by atoms with Crippen molar-refractivity contribution in [1.82, 2.24) is 4.90 Å². The lowest BCUT2D eigenvalue weighted by atomic mass is 9.80.